The predicted molar refractivity (Wildman–Crippen MR) is 63.1 cm³/mol. The summed E-state index contributed by atoms with van der Waals surface area (Å²) in [6.07, 6.45) is 1.57. The smallest absolute Gasteiger partial charge is 0.0794 e. The van der Waals surface area contributed by atoms with Crippen molar-refractivity contribution in [3.63, 3.8) is 0 Å². The summed E-state index contributed by atoms with van der Waals surface area (Å²) < 4.78 is 0. The van der Waals surface area contributed by atoms with E-state index in [-0.39, 0.29) is 0 Å². The van der Waals surface area contributed by atoms with Gasteiger partial charge in [0.1, 0.15) is 0 Å². The average molecular weight is 208 g/mol. The molecule has 0 spiro atoms. The van der Waals surface area contributed by atoms with Gasteiger partial charge in [-0.15, -0.1) is 0 Å². The van der Waals surface area contributed by atoms with Crippen LogP contribution in [0.5, 0.6) is 0 Å². The number of aliphatic hydroxyl groups is 1. The molecule has 0 aliphatic rings. The van der Waals surface area contributed by atoms with Crippen LogP contribution >= 0.6 is 0 Å². The molecular formula is C13H22NO+. The fraction of sp³-hybridized carbons (Fsp3) is 0.538. The Kier molecular flexibility index (Phi) is 4.30. The number of hydrogen-bond donors (Lipinski definition) is 2. The molecule has 84 valence electrons. The topological polar surface area (TPSA) is 24.7 Å². The SMILES string of the molecule is C[NH+](C)CCC(C)(O)Cc1ccccc1. The summed E-state index contributed by atoms with van der Waals surface area (Å²) in [6, 6.07) is 10.2. The van der Waals surface area contributed by atoms with Gasteiger partial charge in [-0.05, 0) is 12.5 Å². The van der Waals surface area contributed by atoms with Gasteiger partial charge in [-0.1, -0.05) is 30.3 Å². The first-order valence-electron chi connectivity index (χ1n) is 5.55. The minimum absolute atomic E-state index is 0.585. The van der Waals surface area contributed by atoms with Crippen molar-refractivity contribution in [1.82, 2.24) is 0 Å². The van der Waals surface area contributed by atoms with Crippen molar-refractivity contribution in [3.8, 4) is 0 Å². The number of hydrogen-bond acceptors (Lipinski definition) is 1. The summed E-state index contributed by atoms with van der Waals surface area (Å²) in [4.78, 5) is 1.38. The summed E-state index contributed by atoms with van der Waals surface area (Å²) in [5, 5.41) is 10.2. The average Bonchev–Trinajstić information content (AvgIpc) is 2.16. The summed E-state index contributed by atoms with van der Waals surface area (Å²) in [6.45, 7) is 2.92. The van der Waals surface area contributed by atoms with Crippen LogP contribution in [0, 0.1) is 0 Å². The quantitative estimate of drug-likeness (QED) is 0.724. The summed E-state index contributed by atoms with van der Waals surface area (Å²) in [5.74, 6) is 0. The molecule has 1 unspecified atom stereocenters. The van der Waals surface area contributed by atoms with Crippen molar-refractivity contribution in [1.29, 1.82) is 0 Å². The highest BCUT2D eigenvalue weighted by molar-refractivity contribution is 5.16. The molecule has 2 N–H and O–H groups in total. The lowest BCUT2D eigenvalue weighted by Gasteiger charge is -2.23. The van der Waals surface area contributed by atoms with Crippen LogP contribution in [0.15, 0.2) is 30.3 Å². The van der Waals surface area contributed by atoms with Crippen molar-refractivity contribution < 1.29 is 10.0 Å². The van der Waals surface area contributed by atoms with Crippen molar-refractivity contribution in [2.45, 2.75) is 25.4 Å². The van der Waals surface area contributed by atoms with E-state index in [9.17, 15) is 5.11 Å². The molecule has 2 nitrogen and oxygen atoms in total. The molecule has 0 saturated heterocycles. The standard InChI is InChI=1S/C13H21NO/c1-13(15,9-10-14(2)3)11-12-7-5-4-6-8-12/h4-8,15H,9-11H2,1-3H3/p+1. The van der Waals surface area contributed by atoms with E-state index >= 15 is 0 Å². The van der Waals surface area contributed by atoms with E-state index in [1.54, 1.807) is 0 Å². The van der Waals surface area contributed by atoms with E-state index in [0.717, 1.165) is 19.4 Å². The number of benzene rings is 1. The lowest BCUT2D eigenvalue weighted by Crippen LogP contribution is -3.05. The van der Waals surface area contributed by atoms with Crippen LogP contribution in [0.1, 0.15) is 18.9 Å². The molecule has 0 saturated carbocycles. The van der Waals surface area contributed by atoms with E-state index in [1.807, 2.05) is 25.1 Å². The van der Waals surface area contributed by atoms with Crippen molar-refractivity contribution in [3.05, 3.63) is 35.9 Å². The normalized spacial score (nSPS) is 15.3. The molecule has 1 rings (SSSR count). The van der Waals surface area contributed by atoms with Crippen LogP contribution in [0.25, 0.3) is 0 Å². The summed E-state index contributed by atoms with van der Waals surface area (Å²) in [7, 11) is 4.22. The Hall–Kier alpha value is -0.860. The minimum Gasteiger partial charge on any atom is -0.390 e. The maximum absolute atomic E-state index is 10.2. The summed E-state index contributed by atoms with van der Waals surface area (Å²) in [5.41, 5.74) is 0.620. The van der Waals surface area contributed by atoms with Crippen molar-refractivity contribution in [2.24, 2.45) is 0 Å². The first kappa shape index (κ1) is 12.2. The highest BCUT2D eigenvalue weighted by Crippen LogP contribution is 2.15. The number of quaternary nitrogens is 1. The van der Waals surface area contributed by atoms with Crippen LogP contribution in [0.3, 0.4) is 0 Å². The Labute approximate surface area is 92.5 Å². The molecule has 0 bridgehead atoms. The maximum Gasteiger partial charge on any atom is 0.0794 e. The number of nitrogens with one attached hydrogen (secondary N) is 1. The van der Waals surface area contributed by atoms with Crippen LogP contribution in [0.4, 0.5) is 0 Å². The third-order valence-corrected chi connectivity index (χ3v) is 2.59. The van der Waals surface area contributed by atoms with E-state index in [0.29, 0.717) is 0 Å². The zero-order valence-corrected chi connectivity index (χ0v) is 9.96. The fourth-order valence-electron chi connectivity index (χ4n) is 1.64. The zero-order valence-electron chi connectivity index (χ0n) is 9.96. The van der Waals surface area contributed by atoms with Gasteiger partial charge < -0.3 is 10.0 Å². The molecule has 2 heteroatoms. The molecule has 0 radical (unpaired) electrons. The Balaban J connectivity index is 2.49. The fourth-order valence-corrected chi connectivity index (χ4v) is 1.64. The minimum atomic E-state index is -0.585. The van der Waals surface area contributed by atoms with Gasteiger partial charge in [0.25, 0.3) is 0 Å². The third-order valence-electron chi connectivity index (χ3n) is 2.59. The second kappa shape index (κ2) is 5.29. The van der Waals surface area contributed by atoms with Gasteiger partial charge in [0.05, 0.1) is 26.2 Å². The molecule has 0 heterocycles. The first-order valence-corrected chi connectivity index (χ1v) is 5.55. The first-order chi connectivity index (χ1) is 6.99. The zero-order chi connectivity index (χ0) is 11.3. The van der Waals surface area contributed by atoms with Crippen LogP contribution in [0.2, 0.25) is 0 Å². The van der Waals surface area contributed by atoms with Crippen molar-refractivity contribution >= 4 is 0 Å². The molecule has 0 aliphatic heterocycles. The largest absolute Gasteiger partial charge is 0.390 e. The Bertz CT molecular complexity index is 280. The second-order valence-corrected chi connectivity index (χ2v) is 4.87. The molecule has 0 amide bonds. The highest BCUT2D eigenvalue weighted by atomic mass is 16.3. The lowest BCUT2D eigenvalue weighted by molar-refractivity contribution is -0.859. The Morgan fingerprint density at radius 3 is 2.33 bits per heavy atom. The van der Waals surface area contributed by atoms with E-state index in [4.69, 9.17) is 0 Å². The van der Waals surface area contributed by atoms with Crippen LogP contribution in [-0.4, -0.2) is 31.3 Å². The van der Waals surface area contributed by atoms with Gasteiger partial charge in [-0.2, -0.15) is 0 Å². The van der Waals surface area contributed by atoms with Crippen LogP contribution < -0.4 is 4.90 Å². The van der Waals surface area contributed by atoms with Gasteiger partial charge in [0, 0.05) is 12.8 Å². The van der Waals surface area contributed by atoms with Gasteiger partial charge in [-0.25, -0.2) is 0 Å². The van der Waals surface area contributed by atoms with Gasteiger partial charge >= 0.3 is 0 Å². The molecular weight excluding hydrogens is 186 g/mol. The monoisotopic (exact) mass is 208 g/mol. The molecule has 1 aromatic carbocycles. The van der Waals surface area contributed by atoms with Gasteiger partial charge in [0.15, 0.2) is 0 Å². The van der Waals surface area contributed by atoms with Gasteiger partial charge in [-0.3, -0.25) is 0 Å². The van der Waals surface area contributed by atoms with E-state index in [2.05, 4.69) is 26.2 Å². The lowest BCUT2D eigenvalue weighted by atomic mass is 9.93. The molecule has 0 aromatic heterocycles. The van der Waals surface area contributed by atoms with Gasteiger partial charge in [0.2, 0.25) is 0 Å². The highest BCUT2D eigenvalue weighted by Gasteiger charge is 2.21. The molecule has 1 aromatic rings. The predicted octanol–water partition coefficient (Wildman–Crippen LogP) is 0.515. The molecule has 1 atom stereocenters. The third kappa shape index (κ3) is 4.96. The van der Waals surface area contributed by atoms with E-state index < -0.39 is 5.60 Å². The number of rotatable bonds is 5. The van der Waals surface area contributed by atoms with E-state index in [1.165, 1.54) is 10.5 Å². The molecule has 15 heavy (non-hydrogen) atoms. The Morgan fingerprint density at radius 2 is 1.80 bits per heavy atom. The Morgan fingerprint density at radius 1 is 1.20 bits per heavy atom. The van der Waals surface area contributed by atoms with Crippen LogP contribution in [-0.2, 0) is 6.42 Å². The molecule has 0 fully saturated rings. The second-order valence-electron chi connectivity index (χ2n) is 4.87. The summed E-state index contributed by atoms with van der Waals surface area (Å²) >= 11 is 0. The molecule has 0 aliphatic carbocycles. The maximum atomic E-state index is 10.2. The van der Waals surface area contributed by atoms with Crippen molar-refractivity contribution in [2.75, 3.05) is 20.6 Å².